The number of aromatic nitrogens is 2. The van der Waals surface area contributed by atoms with Crippen LogP contribution in [0.25, 0.3) is 10.7 Å². The van der Waals surface area contributed by atoms with Crippen LogP contribution in [0.4, 0.5) is 0 Å². The third-order valence-electron chi connectivity index (χ3n) is 4.70. The summed E-state index contributed by atoms with van der Waals surface area (Å²) in [6.07, 6.45) is 0. The molecule has 5 nitrogen and oxygen atoms in total. The topological polar surface area (TPSA) is 59.2 Å². The van der Waals surface area contributed by atoms with Crippen LogP contribution in [-0.4, -0.2) is 34.0 Å². The van der Waals surface area contributed by atoms with Crippen molar-refractivity contribution >= 4 is 17.2 Å². The molecule has 1 aliphatic rings. The van der Waals surface area contributed by atoms with Crippen LogP contribution >= 0.6 is 11.3 Å². The fraction of sp³-hybridized carbons (Fsp3) is 0.350. The first-order valence-electron chi connectivity index (χ1n) is 8.69. The fourth-order valence-corrected chi connectivity index (χ4v) is 3.65. The molecule has 1 fully saturated rings. The Balaban J connectivity index is 1.39. The van der Waals surface area contributed by atoms with Crippen molar-refractivity contribution in [3.63, 3.8) is 0 Å². The quantitative estimate of drug-likeness (QED) is 0.691. The molecule has 0 atom stereocenters. The van der Waals surface area contributed by atoms with E-state index in [9.17, 15) is 4.79 Å². The third kappa shape index (κ3) is 3.17. The minimum absolute atomic E-state index is 0.0553. The van der Waals surface area contributed by atoms with Crippen molar-refractivity contribution < 1.29 is 9.32 Å². The van der Waals surface area contributed by atoms with Gasteiger partial charge in [-0.1, -0.05) is 44.1 Å². The lowest BCUT2D eigenvalue weighted by Crippen LogP contribution is -2.48. The normalized spacial score (nSPS) is 15.1. The minimum Gasteiger partial charge on any atom is -0.339 e. The van der Waals surface area contributed by atoms with Gasteiger partial charge in [-0.2, -0.15) is 4.98 Å². The van der Waals surface area contributed by atoms with Gasteiger partial charge in [-0.15, -0.1) is 11.3 Å². The first-order valence-corrected chi connectivity index (χ1v) is 9.57. The van der Waals surface area contributed by atoms with Gasteiger partial charge in [-0.05, 0) is 34.6 Å². The number of thiophene rings is 1. The molecule has 0 saturated carbocycles. The highest BCUT2D eigenvalue weighted by molar-refractivity contribution is 7.13. The fourth-order valence-electron chi connectivity index (χ4n) is 3.00. The molecular weight excluding hydrogens is 346 g/mol. The zero-order valence-corrected chi connectivity index (χ0v) is 15.9. The molecule has 0 N–H and O–H groups in total. The maximum absolute atomic E-state index is 12.6. The van der Waals surface area contributed by atoms with Crippen LogP contribution in [0.3, 0.4) is 0 Å². The summed E-state index contributed by atoms with van der Waals surface area (Å²) in [7, 11) is 0. The number of benzene rings is 1. The predicted octanol–water partition coefficient (Wildman–Crippen LogP) is 4.34. The van der Waals surface area contributed by atoms with Gasteiger partial charge in [0, 0.05) is 18.7 Å². The molecule has 4 rings (SSSR count). The Kier molecular flexibility index (Phi) is 4.15. The molecule has 26 heavy (non-hydrogen) atoms. The Labute approximate surface area is 156 Å². The van der Waals surface area contributed by atoms with E-state index in [1.165, 1.54) is 5.56 Å². The number of carbonyl (C=O) groups is 1. The van der Waals surface area contributed by atoms with Crippen LogP contribution in [0, 0.1) is 0 Å². The summed E-state index contributed by atoms with van der Waals surface area (Å²) in [6, 6.07) is 11.8. The van der Waals surface area contributed by atoms with Crippen molar-refractivity contribution in [3.05, 3.63) is 58.8 Å². The van der Waals surface area contributed by atoms with Gasteiger partial charge in [0.1, 0.15) is 0 Å². The van der Waals surface area contributed by atoms with Gasteiger partial charge in [0.15, 0.2) is 0 Å². The first kappa shape index (κ1) is 17.0. The number of hydrogen-bond acceptors (Lipinski definition) is 5. The zero-order chi connectivity index (χ0) is 18.3. The van der Waals surface area contributed by atoms with Crippen molar-refractivity contribution in [2.24, 2.45) is 0 Å². The number of carbonyl (C=O) groups excluding carboxylic acids is 1. The van der Waals surface area contributed by atoms with E-state index in [-0.39, 0.29) is 17.2 Å². The van der Waals surface area contributed by atoms with Crippen LogP contribution in [0.1, 0.15) is 48.5 Å². The van der Waals surface area contributed by atoms with E-state index in [4.69, 9.17) is 4.52 Å². The third-order valence-corrected chi connectivity index (χ3v) is 5.56. The molecule has 0 bridgehead atoms. The van der Waals surface area contributed by atoms with Gasteiger partial charge >= 0.3 is 0 Å². The summed E-state index contributed by atoms with van der Waals surface area (Å²) in [4.78, 5) is 19.9. The highest BCUT2D eigenvalue weighted by atomic mass is 32.1. The van der Waals surface area contributed by atoms with Crippen molar-refractivity contribution in [2.45, 2.75) is 32.1 Å². The molecule has 6 heteroatoms. The minimum atomic E-state index is 0.0553. The van der Waals surface area contributed by atoms with Gasteiger partial charge in [-0.25, -0.2) is 0 Å². The Morgan fingerprint density at radius 1 is 1.19 bits per heavy atom. The summed E-state index contributed by atoms with van der Waals surface area (Å²) < 4.78 is 5.39. The van der Waals surface area contributed by atoms with Gasteiger partial charge in [0.05, 0.1) is 10.8 Å². The highest BCUT2D eigenvalue weighted by Crippen LogP contribution is 2.30. The van der Waals surface area contributed by atoms with Crippen molar-refractivity contribution in [3.8, 4) is 10.7 Å². The second-order valence-corrected chi connectivity index (χ2v) is 8.62. The number of rotatable bonds is 3. The van der Waals surface area contributed by atoms with Gasteiger partial charge in [0.25, 0.3) is 5.91 Å². The van der Waals surface area contributed by atoms with Gasteiger partial charge in [0.2, 0.25) is 11.7 Å². The van der Waals surface area contributed by atoms with Crippen molar-refractivity contribution in [2.75, 3.05) is 13.1 Å². The van der Waals surface area contributed by atoms with Crippen molar-refractivity contribution in [1.82, 2.24) is 15.0 Å². The van der Waals surface area contributed by atoms with Gasteiger partial charge < -0.3 is 9.42 Å². The lowest BCUT2D eigenvalue weighted by atomic mass is 9.86. The molecule has 0 unspecified atom stereocenters. The predicted molar refractivity (Wildman–Crippen MR) is 101 cm³/mol. The number of amides is 1. The van der Waals surface area contributed by atoms with Crippen LogP contribution in [0.5, 0.6) is 0 Å². The highest BCUT2D eigenvalue weighted by Gasteiger charge is 2.36. The molecule has 1 aromatic carbocycles. The number of nitrogens with zero attached hydrogens (tertiary/aromatic N) is 3. The van der Waals surface area contributed by atoms with Crippen LogP contribution < -0.4 is 0 Å². The van der Waals surface area contributed by atoms with E-state index < -0.39 is 0 Å². The van der Waals surface area contributed by atoms with Crippen molar-refractivity contribution in [1.29, 1.82) is 0 Å². The van der Waals surface area contributed by atoms with E-state index in [0.29, 0.717) is 24.8 Å². The maximum atomic E-state index is 12.6. The molecule has 134 valence electrons. The maximum Gasteiger partial charge on any atom is 0.253 e. The summed E-state index contributed by atoms with van der Waals surface area (Å²) >= 11 is 1.58. The number of likely N-dealkylation sites (tertiary alicyclic amines) is 1. The standard InChI is InChI=1S/C20H21N3O2S/c1-20(2,3)15-8-6-13(7-9-15)19(24)23-11-14(12-23)18-21-17(22-25-18)16-5-4-10-26-16/h4-10,14H,11-12H2,1-3H3. The molecule has 1 amide bonds. The summed E-state index contributed by atoms with van der Waals surface area (Å²) in [6.45, 7) is 7.73. The van der Waals surface area contributed by atoms with E-state index in [1.54, 1.807) is 11.3 Å². The first-order chi connectivity index (χ1) is 12.4. The van der Waals surface area contributed by atoms with E-state index in [0.717, 1.165) is 10.4 Å². The average Bonchev–Trinajstić information content (AvgIpc) is 3.24. The van der Waals surface area contributed by atoms with Crippen LogP contribution in [0.15, 0.2) is 46.3 Å². The molecule has 0 spiro atoms. The average molecular weight is 367 g/mol. The lowest BCUT2D eigenvalue weighted by Gasteiger charge is -2.37. The monoisotopic (exact) mass is 367 g/mol. The van der Waals surface area contributed by atoms with E-state index in [2.05, 4.69) is 30.9 Å². The van der Waals surface area contributed by atoms with E-state index in [1.807, 2.05) is 46.7 Å². The zero-order valence-electron chi connectivity index (χ0n) is 15.1. The molecule has 3 heterocycles. The SMILES string of the molecule is CC(C)(C)c1ccc(C(=O)N2CC(c3nc(-c4cccs4)no3)C2)cc1. The lowest BCUT2D eigenvalue weighted by molar-refractivity contribution is 0.0569. The second-order valence-electron chi connectivity index (χ2n) is 7.67. The molecule has 3 aromatic rings. The van der Waals surface area contributed by atoms with Crippen LogP contribution in [0.2, 0.25) is 0 Å². The Hall–Kier alpha value is -2.47. The molecule has 1 aliphatic heterocycles. The van der Waals surface area contributed by atoms with E-state index >= 15 is 0 Å². The molecule has 1 saturated heterocycles. The Morgan fingerprint density at radius 2 is 1.92 bits per heavy atom. The molecular formula is C20H21N3O2S. The summed E-state index contributed by atoms with van der Waals surface area (Å²) in [5, 5.41) is 6.03. The van der Waals surface area contributed by atoms with Crippen LogP contribution in [-0.2, 0) is 5.41 Å². The largest absolute Gasteiger partial charge is 0.339 e. The van der Waals surface area contributed by atoms with Gasteiger partial charge in [-0.3, -0.25) is 4.79 Å². The Morgan fingerprint density at radius 3 is 2.54 bits per heavy atom. The molecule has 0 aliphatic carbocycles. The molecule has 2 aromatic heterocycles. The second kappa shape index (κ2) is 6.36. The summed E-state index contributed by atoms with van der Waals surface area (Å²) in [5.74, 6) is 1.41. The number of hydrogen-bond donors (Lipinski definition) is 0. The Bertz CT molecular complexity index is 901. The molecule has 0 radical (unpaired) electrons. The smallest absolute Gasteiger partial charge is 0.253 e. The summed E-state index contributed by atoms with van der Waals surface area (Å²) in [5.41, 5.74) is 2.03.